The molecular formula is C17H24N2O2. The summed E-state index contributed by atoms with van der Waals surface area (Å²) in [7, 11) is 0. The zero-order chi connectivity index (χ0) is 14.5. The van der Waals surface area contributed by atoms with Gasteiger partial charge in [0.15, 0.2) is 0 Å². The first-order valence-corrected chi connectivity index (χ1v) is 8.14. The summed E-state index contributed by atoms with van der Waals surface area (Å²) in [6, 6.07) is 4.35. The first-order valence-electron chi connectivity index (χ1n) is 8.14. The summed E-state index contributed by atoms with van der Waals surface area (Å²) in [5, 5.41) is 0. The van der Waals surface area contributed by atoms with Crippen LogP contribution < -0.4 is 0 Å². The Labute approximate surface area is 126 Å². The second kappa shape index (κ2) is 7.03. The molecule has 1 saturated carbocycles. The lowest BCUT2D eigenvalue weighted by molar-refractivity contribution is -0.149. The second-order valence-electron chi connectivity index (χ2n) is 6.06. The Balaban J connectivity index is 1.50. The lowest BCUT2D eigenvalue weighted by Gasteiger charge is -2.43. The van der Waals surface area contributed by atoms with Crippen molar-refractivity contribution in [3.8, 4) is 0 Å². The van der Waals surface area contributed by atoms with Crippen LogP contribution in [0.15, 0.2) is 24.5 Å². The van der Waals surface area contributed by atoms with Crippen molar-refractivity contribution in [1.82, 2.24) is 9.88 Å². The molecule has 0 aromatic carbocycles. The molecule has 2 fully saturated rings. The summed E-state index contributed by atoms with van der Waals surface area (Å²) in [6.45, 7) is 1.47. The van der Waals surface area contributed by atoms with Crippen LogP contribution in [0.4, 0.5) is 0 Å². The molecule has 2 unspecified atom stereocenters. The van der Waals surface area contributed by atoms with Gasteiger partial charge in [-0.3, -0.25) is 9.78 Å². The van der Waals surface area contributed by atoms with E-state index in [-0.39, 0.29) is 6.10 Å². The molecule has 1 aromatic rings. The SMILES string of the molecule is O=C(CCCc1cccnc1)N1CCOC2CCCCC21. The van der Waals surface area contributed by atoms with Gasteiger partial charge in [0.2, 0.25) is 5.91 Å². The molecule has 1 amide bonds. The first kappa shape index (κ1) is 14.5. The smallest absolute Gasteiger partial charge is 0.222 e. The molecule has 1 aliphatic heterocycles. The molecular weight excluding hydrogens is 264 g/mol. The Kier molecular flexibility index (Phi) is 4.86. The van der Waals surface area contributed by atoms with Gasteiger partial charge in [0.1, 0.15) is 0 Å². The highest BCUT2D eigenvalue weighted by Crippen LogP contribution is 2.29. The molecule has 2 atom stereocenters. The van der Waals surface area contributed by atoms with Crippen LogP contribution in [-0.2, 0) is 16.0 Å². The number of rotatable bonds is 4. The zero-order valence-corrected chi connectivity index (χ0v) is 12.5. The topological polar surface area (TPSA) is 42.4 Å². The van der Waals surface area contributed by atoms with Crippen molar-refractivity contribution < 1.29 is 9.53 Å². The van der Waals surface area contributed by atoms with Gasteiger partial charge in [0, 0.05) is 25.4 Å². The fraction of sp³-hybridized carbons (Fsp3) is 0.647. The van der Waals surface area contributed by atoms with E-state index in [0.29, 0.717) is 25.0 Å². The number of morpholine rings is 1. The van der Waals surface area contributed by atoms with Crippen molar-refractivity contribution in [2.24, 2.45) is 0 Å². The molecule has 4 heteroatoms. The minimum atomic E-state index is 0.287. The highest BCUT2D eigenvalue weighted by Gasteiger charge is 2.36. The van der Waals surface area contributed by atoms with Gasteiger partial charge in [-0.1, -0.05) is 18.9 Å². The Morgan fingerprint density at radius 1 is 1.38 bits per heavy atom. The predicted octanol–water partition coefficient (Wildman–Crippen LogP) is 2.57. The van der Waals surface area contributed by atoms with Crippen LogP contribution in [-0.4, -0.2) is 41.1 Å². The van der Waals surface area contributed by atoms with Crippen LogP contribution >= 0.6 is 0 Å². The fourth-order valence-corrected chi connectivity index (χ4v) is 3.54. The van der Waals surface area contributed by atoms with Crippen molar-refractivity contribution in [2.45, 2.75) is 57.1 Å². The third-order valence-corrected chi connectivity index (χ3v) is 4.63. The molecule has 114 valence electrons. The van der Waals surface area contributed by atoms with E-state index in [1.165, 1.54) is 18.4 Å². The molecule has 3 rings (SSSR count). The van der Waals surface area contributed by atoms with Gasteiger partial charge in [-0.15, -0.1) is 0 Å². The standard InChI is InChI=1S/C17H24N2O2/c20-17(9-3-5-14-6-4-10-18-13-14)19-11-12-21-16-8-2-1-7-15(16)19/h4,6,10,13,15-16H,1-3,5,7-9,11-12H2. The van der Waals surface area contributed by atoms with Gasteiger partial charge in [-0.25, -0.2) is 0 Å². The first-order chi connectivity index (χ1) is 10.3. The maximum Gasteiger partial charge on any atom is 0.222 e. The summed E-state index contributed by atoms with van der Waals surface area (Å²) in [5.41, 5.74) is 1.21. The van der Waals surface area contributed by atoms with E-state index in [0.717, 1.165) is 32.2 Å². The van der Waals surface area contributed by atoms with Gasteiger partial charge >= 0.3 is 0 Å². The third kappa shape index (κ3) is 3.62. The third-order valence-electron chi connectivity index (χ3n) is 4.63. The van der Waals surface area contributed by atoms with E-state index in [1.807, 2.05) is 12.3 Å². The van der Waals surface area contributed by atoms with Gasteiger partial charge in [-0.05, 0) is 37.3 Å². The van der Waals surface area contributed by atoms with Crippen LogP contribution in [0.25, 0.3) is 0 Å². The summed E-state index contributed by atoms with van der Waals surface area (Å²) in [6.07, 6.45) is 11.1. The molecule has 2 heterocycles. The predicted molar refractivity (Wildman–Crippen MR) is 80.9 cm³/mol. The van der Waals surface area contributed by atoms with Crippen molar-refractivity contribution >= 4 is 5.91 Å². The lowest BCUT2D eigenvalue weighted by Crippen LogP contribution is -2.54. The maximum absolute atomic E-state index is 12.5. The number of amides is 1. The fourth-order valence-electron chi connectivity index (χ4n) is 3.54. The summed E-state index contributed by atoms with van der Waals surface area (Å²) < 4.78 is 5.83. The normalized spacial score (nSPS) is 25.4. The van der Waals surface area contributed by atoms with Crippen molar-refractivity contribution in [3.63, 3.8) is 0 Å². The molecule has 2 aliphatic rings. The number of hydrogen-bond donors (Lipinski definition) is 0. The lowest BCUT2D eigenvalue weighted by atomic mass is 9.90. The maximum atomic E-state index is 12.5. The van der Waals surface area contributed by atoms with E-state index in [1.54, 1.807) is 6.20 Å². The summed E-state index contributed by atoms with van der Waals surface area (Å²) >= 11 is 0. The van der Waals surface area contributed by atoms with E-state index in [9.17, 15) is 4.79 Å². The van der Waals surface area contributed by atoms with Crippen molar-refractivity contribution in [1.29, 1.82) is 0 Å². The molecule has 0 N–H and O–H groups in total. The Hall–Kier alpha value is -1.42. The quantitative estimate of drug-likeness (QED) is 0.855. The molecule has 1 aliphatic carbocycles. The van der Waals surface area contributed by atoms with E-state index >= 15 is 0 Å². The van der Waals surface area contributed by atoms with Crippen molar-refractivity contribution in [2.75, 3.05) is 13.2 Å². The van der Waals surface area contributed by atoms with Crippen LogP contribution in [0, 0.1) is 0 Å². The van der Waals surface area contributed by atoms with Gasteiger partial charge in [0.05, 0.1) is 18.8 Å². The second-order valence-corrected chi connectivity index (χ2v) is 6.06. The van der Waals surface area contributed by atoms with Gasteiger partial charge < -0.3 is 9.64 Å². The van der Waals surface area contributed by atoms with Crippen molar-refractivity contribution in [3.05, 3.63) is 30.1 Å². The number of hydrogen-bond acceptors (Lipinski definition) is 3. The van der Waals surface area contributed by atoms with E-state index in [4.69, 9.17) is 4.74 Å². The van der Waals surface area contributed by atoms with Gasteiger partial charge in [0.25, 0.3) is 0 Å². The molecule has 21 heavy (non-hydrogen) atoms. The number of fused-ring (bicyclic) bond motifs is 1. The zero-order valence-electron chi connectivity index (χ0n) is 12.5. The summed E-state index contributed by atoms with van der Waals surface area (Å²) in [4.78, 5) is 18.7. The number of pyridine rings is 1. The molecule has 0 bridgehead atoms. The number of carbonyl (C=O) groups excluding carboxylic acids is 1. The van der Waals surface area contributed by atoms with Crippen LogP contribution in [0.3, 0.4) is 0 Å². The van der Waals surface area contributed by atoms with Crippen LogP contribution in [0.2, 0.25) is 0 Å². The molecule has 1 aromatic heterocycles. The van der Waals surface area contributed by atoms with E-state index in [2.05, 4.69) is 16.0 Å². The average molecular weight is 288 g/mol. The van der Waals surface area contributed by atoms with Crippen LogP contribution in [0.5, 0.6) is 0 Å². The van der Waals surface area contributed by atoms with Gasteiger partial charge in [-0.2, -0.15) is 0 Å². The number of aryl methyl sites for hydroxylation is 1. The highest BCUT2D eigenvalue weighted by atomic mass is 16.5. The highest BCUT2D eigenvalue weighted by molar-refractivity contribution is 5.76. The number of ether oxygens (including phenoxy) is 1. The Bertz CT molecular complexity index is 461. The minimum Gasteiger partial charge on any atom is -0.374 e. The minimum absolute atomic E-state index is 0.287. The van der Waals surface area contributed by atoms with Crippen LogP contribution in [0.1, 0.15) is 44.1 Å². The molecule has 0 radical (unpaired) electrons. The molecule has 4 nitrogen and oxygen atoms in total. The Morgan fingerprint density at radius 2 is 2.29 bits per heavy atom. The molecule has 0 spiro atoms. The van der Waals surface area contributed by atoms with E-state index < -0.39 is 0 Å². The average Bonchev–Trinajstić information content (AvgIpc) is 2.55. The summed E-state index contributed by atoms with van der Waals surface area (Å²) in [5.74, 6) is 0.305. The number of carbonyl (C=O) groups is 1. The molecule has 1 saturated heterocycles. The monoisotopic (exact) mass is 288 g/mol. The number of nitrogens with zero attached hydrogens (tertiary/aromatic N) is 2. The largest absolute Gasteiger partial charge is 0.374 e. The number of aromatic nitrogens is 1. The Morgan fingerprint density at radius 3 is 3.14 bits per heavy atom.